The van der Waals surface area contributed by atoms with Crippen LogP contribution in [0.15, 0.2) is 53.5 Å². The number of amides is 1. The molecular weight excluding hydrogens is 343 g/mol. The van der Waals surface area contributed by atoms with Crippen LogP contribution in [0.25, 0.3) is 10.9 Å². The first-order valence-corrected chi connectivity index (χ1v) is 7.64. The molecule has 0 aliphatic heterocycles. The Bertz CT molecular complexity index is 1060. The van der Waals surface area contributed by atoms with Gasteiger partial charge in [-0.25, -0.2) is 0 Å². The Balaban J connectivity index is 1.72. The highest BCUT2D eigenvalue weighted by Gasteiger charge is 2.15. The largest absolute Gasteiger partial charge is 0.326 e. The molecule has 0 unspecified atom stereocenters. The minimum atomic E-state index is -0.975. The normalized spacial score (nSPS) is 10.7. The van der Waals surface area contributed by atoms with Gasteiger partial charge in [-0.1, -0.05) is 12.1 Å². The van der Waals surface area contributed by atoms with Crippen molar-refractivity contribution in [2.24, 2.45) is 0 Å². The molecular formula is C17H13FN4O4. The Morgan fingerprint density at radius 2 is 2.04 bits per heavy atom. The number of aromatic nitrogens is 2. The summed E-state index contributed by atoms with van der Waals surface area (Å²) in [6, 6.07) is 10.0. The summed E-state index contributed by atoms with van der Waals surface area (Å²) in [4.78, 5) is 33.7. The monoisotopic (exact) mass is 356 g/mol. The Morgan fingerprint density at radius 1 is 1.27 bits per heavy atom. The topological polar surface area (TPSA) is 107 Å². The van der Waals surface area contributed by atoms with E-state index in [1.54, 1.807) is 24.3 Å². The highest BCUT2D eigenvalue weighted by atomic mass is 19.1. The molecule has 0 aliphatic carbocycles. The van der Waals surface area contributed by atoms with Gasteiger partial charge in [0.25, 0.3) is 0 Å². The van der Waals surface area contributed by atoms with E-state index in [0.717, 1.165) is 12.1 Å². The summed E-state index contributed by atoms with van der Waals surface area (Å²) < 4.78 is 14.8. The Labute approximate surface area is 146 Å². The van der Waals surface area contributed by atoms with E-state index in [1.807, 2.05) is 0 Å². The molecule has 132 valence electrons. The number of carbonyl (C=O) groups excluding carboxylic acids is 1. The number of rotatable bonds is 5. The first-order chi connectivity index (χ1) is 12.5. The molecule has 0 fully saturated rings. The summed E-state index contributed by atoms with van der Waals surface area (Å²) in [7, 11) is 0. The summed E-state index contributed by atoms with van der Waals surface area (Å²) >= 11 is 0. The van der Waals surface area contributed by atoms with Gasteiger partial charge in [-0.05, 0) is 24.3 Å². The van der Waals surface area contributed by atoms with Gasteiger partial charge < -0.3 is 5.32 Å². The number of nitro benzene ring substituents is 1. The number of carbonyl (C=O) groups is 1. The highest BCUT2D eigenvalue weighted by Crippen LogP contribution is 2.21. The van der Waals surface area contributed by atoms with Gasteiger partial charge in [-0.2, -0.15) is 9.49 Å². The third kappa shape index (κ3) is 3.56. The lowest BCUT2D eigenvalue weighted by atomic mass is 10.2. The van der Waals surface area contributed by atoms with Gasteiger partial charge in [0, 0.05) is 23.6 Å². The number of hydrogen-bond donors (Lipinski definition) is 1. The fourth-order valence-corrected chi connectivity index (χ4v) is 2.50. The first-order valence-electron chi connectivity index (χ1n) is 7.64. The van der Waals surface area contributed by atoms with E-state index in [0.29, 0.717) is 10.9 Å². The number of nitro groups is 1. The molecule has 0 spiro atoms. The maximum absolute atomic E-state index is 13.3. The molecule has 0 bridgehead atoms. The van der Waals surface area contributed by atoms with Crippen molar-refractivity contribution < 1.29 is 14.1 Å². The second kappa shape index (κ2) is 7.09. The van der Waals surface area contributed by atoms with Gasteiger partial charge in [-0.3, -0.25) is 24.4 Å². The fraction of sp³-hybridized carbons (Fsp3) is 0.118. The smallest absolute Gasteiger partial charge is 0.306 e. The van der Waals surface area contributed by atoms with Crippen molar-refractivity contribution in [3.05, 3.63) is 74.8 Å². The lowest BCUT2D eigenvalue weighted by Gasteiger charge is -2.09. The van der Waals surface area contributed by atoms with Crippen LogP contribution < -0.4 is 10.7 Å². The number of benzene rings is 2. The van der Waals surface area contributed by atoms with Crippen LogP contribution >= 0.6 is 0 Å². The van der Waals surface area contributed by atoms with Gasteiger partial charge in [0.2, 0.25) is 17.2 Å². The zero-order valence-corrected chi connectivity index (χ0v) is 13.4. The van der Waals surface area contributed by atoms with Gasteiger partial charge in [0.1, 0.15) is 0 Å². The number of anilines is 1. The molecule has 3 aromatic rings. The quantitative estimate of drug-likeness (QED) is 0.558. The van der Waals surface area contributed by atoms with Crippen molar-refractivity contribution in [3.8, 4) is 0 Å². The minimum Gasteiger partial charge on any atom is -0.326 e. The standard InChI is InChI=1S/C17H13FN4O4/c18-13-6-5-11(9-15(13)22(25)26)20-17(24)7-8-21-14-4-2-1-3-12(14)16(23)10-19-21/h1-6,9-10H,7-8H2,(H,20,24). The molecule has 0 radical (unpaired) electrons. The van der Waals surface area contributed by atoms with Crippen molar-refractivity contribution in [2.75, 3.05) is 5.32 Å². The number of halogens is 1. The summed E-state index contributed by atoms with van der Waals surface area (Å²) in [5.74, 6) is -1.40. The van der Waals surface area contributed by atoms with Gasteiger partial charge in [0.05, 0.1) is 23.2 Å². The van der Waals surface area contributed by atoms with Crippen molar-refractivity contribution in [1.29, 1.82) is 0 Å². The van der Waals surface area contributed by atoms with Crippen LogP contribution in [0.4, 0.5) is 15.8 Å². The molecule has 26 heavy (non-hydrogen) atoms. The second-order valence-corrected chi connectivity index (χ2v) is 5.47. The number of para-hydroxylation sites is 1. The molecule has 2 aromatic carbocycles. The van der Waals surface area contributed by atoms with Crippen molar-refractivity contribution in [1.82, 2.24) is 9.78 Å². The van der Waals surface area contributed by atoms with Crippen LogP contribution in [-0.2, 0) is 11.3 Å². The molecule has 9 heteroatoms. The number of nitrogens with one attached hydrogen (secondary N) is 1. The van der Waals surface area contributed by atoms with Crippen LogP contribution in [0, 0.1) is 15.9 Å². The van der Waals surface area contributed by atoms with Crippen LogP contribution in [0.2, 0.25) is 0 Å². The molecule has 0 saturated heterocycles. The first kappa shape index (κ1) is 17.2. The summed E-state index contributed by atoms with van der Waals surface area (Å²) in [6.07, 6.45) is 1.20. The van der Waals surface area contributed by atoms with Crippen LogP contribution in [0.1, 0.15) is 6.42 Å². The summed E-state index contributed by atoms with van der Waals surface area (Å²) in [5, 5.41) is 17.7. The Hall–Kier alpha value is -3.62. The van der Waals surface area contributed by atoms with E-state index in [1.165, 1.54) is 16.9 Å². The van der Waals surface area contributed by atoms with E-state index in [2.05, 4.69) is 10.4 Å². The maximum atomic E-state index is 13.3. The van der Waals surface area contributed by atoms with E-state index < -0.39 is 22.3 Å². The summed E-state index contributed by atoms with van der Waals surface area (Å²) in [5.41, 5.74) is -0.193. The second-order valence-electron chi connectivity index (χ2n) is 5.47. The predicted octanol–water partition coefficient (Wildman–Crippen LogP) is 2.47. The van der Waals surface area contributed by atoms with E-state index in [4.69, 9.17) is 0 Å². The molecule has 1 heterocycles. The van der Waals surface area contributed by atoms with Crippen LogP contribution in [-0.4, -0.2) is 20.6 Å². The number of hydrogen-bond acceptors (Lipinski definition) is 5. The van der Waals surface area contributed by atoms with Gasteiger partial charge >= 0.3 is 5.69 Å². The number of nitrogens with zero attached hydrogens (tertiary/aromatic N) is 3. The Morgan fingerprint density at radius 3 is 2.81 bits per heavy atom. The van der Waals surface area contributed by atoms with Crippen LogP contribution in [0.3, 0.4) is 0 Å². The molecule has 0 atom stereocenters. The van der Waals surface area contributed by atoms with Gasteiger partial charge in [0.15, 0.2) is 0 Å². The lowest BCUT2D eigenvalue weighted by molar-refractivity contribution is -0.387. The third-order valence-electron chi connectivity index (χ3n) is 3.74. The molecule has 1 aromatic heterocycles. The van der Waals surface area contributed by atoms with Gasteiger partial charge in [-0.15, -0.1) is 0 Å². The Kier molecular flexibility index (Phi) is 4.70. The van der Waals surface area contributed by atoms with E-state index in [-0.39, 0.29) is 24.1 Å². The number of aryl methyl sites for hydroxylation is 1. The average molecular weight is 356 g/mol. The van der Waals surface area contributed by atoms with Crippen molar-refractivity contribution in [2.45, 2.75) is 13.0 Å². The lowest BCUT2D eigenvalue weighted by Crippen LogP contribution is -2.18. The SMILES string of the molecule is O=C(CCn1ncc(=O)c2ccccc21)Nc1ccc(F)c([N+](=O)[O-])c1. The molecule has 1 N–H and O–H groups in total. The molecule has 8 nitrogen and oxygen atoms in total. The zero-order chi connectivity index (χ0) is 18.7. The van der Waals surface area contributed by atoms with E-state index >= 15 is 0 Å². The maximum Gasteiger partial charge on any atom is 0.306 e. The fourth-order valence-electron chi connectivity index (χ4n) is 2.50. The predicted molar refractivity (Wildman–Crippen MR) is 92.3 cm³/mol. The van der Waals surface area contributed by atoms with Crippen molar-refractivity contribution >= 4 is 28.2 Å². The average Bonchev–Trinajstić information content (AvgIpc) is 2.63. The number of fused-ring (bicyclic) bond motifs is 1. The minimum absolute atomic E-state index is 0.0189. The van der Waals surface area contributed by atoms with Crippen molar-refractivity contribution in [3.63, 3.8) is 0 Å². The molecule has 0 aliphatic rings. The van der Waals surface area contributed by atoms with E-state index in [9.17, 15) is 24.1 Å². The molecule has 1 amide bonds. The highest BCUT2D eigenvalue weighted by molar-refractivity contribution is 5.91. The molecule has 3 rings (SSSR count). The third-order valence-corrected chi connectivity index (χ3v) is 3.74. The zero-order valence-electron chi connectivity index (χ0n) is 13.4. The summed E-state index contributed by atoms with van der Waals surface area (Å²) in [6.45, 7) is 0.204. The van der Waals surface area contributed by atoms with Crippen LogP contribution in [0.5, 0.6) is 0 Å². The molecule has 0 saturated carbocycles.